The minimum atomic E-state index is -0.0756. The van der Waals surface area contributed by atoms with Crippen molar-refractivity contribution < 1.29 is 9.53 Å². The van der Waals surface area contributed by atoms with Gasteiger partial charge in [-0.1, -0.05) is 42.5 Å². The maximum atomic E-state index is 12.7. The zero-order valence-electron chi connectivity index (χ0n) is 23.2. The first-order valence-corrected chi connectivity index (χ1v) is 14.9. The third kappa shape index (κ3) is 5.94. The molecule has 0 atom stereocenters. The molecule has 11 heteroatoms. The normalized spacial score (nSPS) is 13.3. The van der Waals surface area contributed by atoms with Crippen LogP contribution < -0.4 is 15.5 Å². The molecule has 214 valence electrons. The van der Waals surface area contributed by atoms with Gasteiger partial charge in [0.05, 0.1) is 42.9 Å². The predicted molar refractivity (Wildman–Crippen MR) is 169 cm³/mol. The second kappa shape index (κ2) is 12.0. The van der Waals surface area contributed by atoms with Crippen molar-refractivity contribution in [2.75, 3.05) is 41.8 Å². The Morgan fingerprint density at radius 2 is 1.81 bits per heavy atom. The topological polar surface area (TPSA) is 110 Å². The van der Waals surface area contributed by atoms with Crippen molar-refractivity contribution in [3.8, 4) is 22.6 Å². The molecular weight excluding hydrogens is 560 g/mol. The van der Waals surface area contributed by atoms with Crippen molar-refractivity contribution >= 4 is 45.3 Å². The Balaban J connectivity index is 1.14. The molecule has 43 heavy (non-hydrogen) atoms. The van der Waals surface area contributed by atoms with Gasteiger partial charge < -0.3 is 20.3 Å². The van der Waals surface area contributed by atoms with Crippen LogP contribution in [0.3, 0.4) is 0 Å². The lowest BCUT2D eigenvalue weighted by molar-refractivity contribution is -0.115. The van der Waals surface area contributed by atoms with E-state index in [1.54, 1.807) is 23.7 Å². The van der Waals surface area contributed by atoms with E-state index in [2.05, 4.69) is 25.5 Å². The van der Waals surface area contributed by atoms with Crippen molar-refractivity contribution in [3.05, 3.63) is 102 Å². The number of carbonyl (C=O) groups is 1. The summed E-state index contributed by atoms with van der Waals surface area (Å²) < 4.78 is 7.48. The van der Waals surface area contributed by atoms with Gasteiger partial charge in [-0.25, -0.2) is 19.9 Å². The van der Waals surface area contributed by atoms with Crippen LogP contribution in [0.4, 0.5) is 23.1 Å². The zero-order chi connectivity index (χ0) is 29.0. The van der Waals surface area contributed by atoms with Crippen LogP contribution in [-0.4, -0.2) is 56.5 Å². The van der Waals surface area contributed by atoms with Gasteiger partial charge in [0.2, 0.25) is 11.9 Å². The van der Waals surface area contributed by atoms with Gasteiger partial charge in [0.1, 0.15) is 11.5 Å². The summed E-state index contributed by atoms with van der Waals surface area (Å²) in [4.78, 5) is 34.7. The molecule has 1 aliphatic heterocycles. The highest BCUT2D eigenvalue weighted by Crippen LogP contribution is 2.35. The average molecular weight is 589 g/mol. The zero-order valence-corrected chi connectivity index (χ0v) is 24.0. The molecular formula is C32H28N8O2S. The molecule has 10 nitrogen and oxygen atoms in total. The number of fused-ring (bicyclic) bond motifs is 1. The van der Waals surface area contributed by atoms with E-state index in [9.17, 15) is 4.79 Å². The van der Waals surface area contributed by atoms with E-state index in [-0.39, 0.29) is 5.91 Å². The molecule has 0 unspecified atom stereocenters. The Hall–Kier alpha value is -5.13. The van der Waals surface area contributed by atoms with Crippen LogP contribution in [0, 0.1) is 0 Å². The molecule has 1 amide bonds. The molecule has 0 bridgehead atoms. The lowest BCUT2D eigenvalue weighted by Crippen LogP contribution is -2.36. The molecule has 0 spiro atoms. The van der Waals surface area contributed by atoms with Crippen LogP contribution in [0.5, 0.6) is 0 Å². The highest BCUT2D eigenvalue weighted by Gasteiger charge is 2.19. The number of aromatic nitrogens is 5. The monoisotopic (exact) mass is 588 g/mol. The average Bonchev–Trinajstić information content (AvgIpc) is 3.65. The summed E-state index contributed by atoms with van der Waals surface area (Å²) in [7, 11) is 0. The predicted octanol–water partition coefficient (Wildman–Crippen LogP) is 5.68. The number of ether oxygens (including phenoxy) is 1. The number of hydrogen-bond donors (Lipinski definition) is 2. The van der Waals surface area contributed by atoms with E-state index in [1.165, 1.54) is 0 Å². The molecule has 1 fully saturated rings. The van der Waals surface area contributed by atoms with Crippen molar-refractivity contribution in [1.82, 2.24) is 24.3 Å². The summed E-state index contributed by atoms with van der Waals surface area (Å²) in [6.07, 6.45) is 5.81. The Morgan fingerprint density at radius 1 is 0.930 bits per heavy atom. The summed E-state index contributed by atoms with van der Waals surface area (Å²) in [5.74, 6) is 1.30. The molecule has 6 aromatic rings. The van der Waals surface area contributed by atoms with Gasteiger partial charge in [0, 0.05) is 42.1 Å². The van der Waals surface area contributed by atoms with Gasteiger partial charge in [0.25, 0.3) is 0 Å². The number of hydrogen-bond acceptors (Lipinski definition) is 9. The summed E-state index contributed by atoms with van der Waals surface area (Å²) in [5, 5.41) is 8.31. The van der Waals surface area contributed by atoms with Crippen molar-refractivity contribution in [2.45, 2.75) is 6.42 Å². The number of nitrogens with zero attached hydrogens (tertiary/aromatic N) is 6. The van der Waals surface area contributed by atoms with Crippen LogP contribution >= 0.6 is 11.3 Å². The third-order valence-corrected chi connectivity index (χ3v) is 7.88. The molecule has 0 aliphatic carbocycles. The fourth-order valence-corrected chi connectivity index (χ4v) is 5.80. The number of pyridine rings is 1. The lowest BCUT2D eigenvalue weighted by atomic mass is 10.1. The number of nitrogens with one attached hydrogen (secondary N) is 2. The smallest absolute Gasteiger partial charge is 0.228 e. The summed E-state index contributed by atoms with van der Waals surface area (Å²) >= 11 is 1.55. The van der Waals surface area contributed by atoms with Gasteiger partial charge >= 0.3 is 0 Å². The minimum absolute atomic E-state index is 0.0756. The van der Waals surface area contributed by atoms with E-state index in [0.717, 1.165) is 57.8 Å². The van der Waals surface area contributed by atoms with Gasteiger partial charge in [-0.05, 0) is 35.9 Å². The molecule has 1 saturated heterocycles. The summed E-state index contributed by atoms with van der Waals surface area (Å²) in [5.41, 5.74) is 5.67. The molecule has 4 aromatic heterocycles. The number of carbonyl (C=O) groups excluding carboxylic acids is 1. The quantitative estimate of drug-likeness (QED) is 0.234. The maximum Gasteiger partial charge on any atom is 0.228 e. The molecule has 2 N–H and O–H groups in total. The van der Waals surface area contributed by atoms with Gasteiger partial charge in [0.15, 0.2) is 4.96 Å². The fourth-order valence-electron chi connectivity index (χ4n) is 5.08. The minimum Gasteiger partial charge on any atom is -0.378 e. The Morgan fingerprint density at radius 3 is 2.65 bits per heavy atom. The first-order chi connectivity index (χ1) is 21.2. The molecule has 0 saturated carbocycles. The number of benzene rings is 2. The molecule has 1 aliphatic rings. The number of rotatable bonds is 8. The van der Waals surface area contributed by atoms with Crippen LogP contribution in [0.2, 0.25) is 0 Å². The van der Waals surface area contributed by atoms with Gasteiger partial charge in [-0.15, -0.1) is 11.3 Å². The molecule has 2 aromatic carbocycles. The number of amides is 1. The Bertz CT molecular complexity index is 1860. The van der Waals surface area contributed by atoms with E-state index in [4.69, 9.17) is 14.7 Å². The van der Waals surface area contributed by atoms with Crippen molar-refractivity contribution in [3.63, 3.8) is 0 Å². The highest BCUT2D eigenvalue weighted by molar-refractivity contribution is 7.15. The second-order valence-electron chi connectivity index (χ2n) is 10.1. The number of anilines is 4. The SMILES string of the molecule is O=C(Cc1ccccc1)Nc1cccc(-c2nc3sccn3c2-c2ccnc(Nc3ccc(N4CCOCC4)nc3)n2)c1. The molecule has 5 heterocycles. The van der Waals surface area contributed by atoms with Crippen molar-refractivity contribution in [2.24, 2.45) is 0 Å². The highest BCUT2D eigenvalue weighted by atomic mass is 32.1. The Labute approximate surface area is 252 Å². The number of thiazole rings is 1. The van der Waals surface area contributed by atoms with Crippen LogP contribution in [0.15, 0.2) is 96.8 Å². The standard InChI is InChI=1S/C32H28N8O2S/c41-28(19-22-5-2-1-3-6-22)35-24-8-4-7-23(20-24)29-30(40-15-18-43-32(40)38-29)26-11-12-33-31(37-26)36-25-9-10-27(34-21-25)39-13-16-42-17-14-39/h1-12,15,18,20-21H,13-14,16-17,19H2,(H,35,41)(H,33,36,37). The van der Waals surface area contributed by atoms with Crippen LogP contribution in [0.1, 0.15) is 5.56 Å². The third-order valence-electron chi connectivity index (χ3n) is 7.13. The second-order valence-corrected chi connectivity index (χ2v) is 10.9. The summed E-state index contributed by atoms with van der Waals surface area (Å²) in [6.45, 7) is 3.09. The first kappa shape index (κ1) is 26.7. The van der Waals surface area contributed by atoms with E-state index in [0.29, 0.717) is 31.3 Å². The van der Waals surface area contributed by atoms with Gasteiger partial charge in [-0.2, -0.15) is 0 Å². The molecule has 7 rings (SSSR count). The van der Waals surface area contributed by atoms with E-state index < -0.39 is 0 Å². The van der Waals surface area contributed by atoms with Crippen LogP contribution in [-0.2, 0) is 16.0 Å². The maximum absolute atomic E-state index is 12.7. The summed E-state index contributed by atoms with van der Waals surface area (Å²) in [6, 6.07) is 23.3. The van der Waals surface area contributed by atoms with Gasteiger partial charge in [-0.3, -0.25) is 9.20 Å². The number of imidazole rings is 1. The van der Waals surface area contributed by atoms with Crippen LogP contribution in [0.25, 0.3) is 27.6 Å². The number of morpholine rings is 1. The Kier molecular flexibility index (Phi) is 7.47. The lowest BCUT2D eigenvalue weighted by Gasteiger charge is -2.27. The first-order valence-electron chi connectivity index (χ1n) is 14.0. The fraction of sp³-hybridized carbons (Fsp3) is 0.156. The van der Waals surface area contributed by atoms with Crippen molar-refractivity contribution in [1.29, 1.82) is 0 Å². The largest absolute Gasteiger partial charge is 0.378 e. The van der Waals surface area contributed by atoms with E-state index >= 15 is 0 Å². The van der Waals surface area contributed by atoms with E-state index in [1.807, 2.05) is 88.8 Å². The molecule has 0 radical (unpaired) electrons.